The van der Waals surface area contributed by atoms with Gasteiger partial charge >= 0.3 is 0 Å². The molecule has 0 aliphatic heterocycles. The third kappa shape index (κ3) is 5.51. The highest BCUT2D eigenvalue weighted by Gasteiger charge is 2.34. The summed E-state index contributed by atoms with van der Waals surface area (Å²) in [6.45, 7) is 11.6. The largest absolute Gasteiger partial charge is 0.281 e. The lowest BCUT2D eigenvalue weighted by molar-refractivity contribution is 0.0419. The molecule has 0 radical (unpaired) electrons. The second-order valence-corrected chi connectivity index (χ2v) is 8.76. The van der Waals surface area contributed by atoms with Crippen LogP contribution >= 0.6 is 0 Å². The smallest absolute Gasteiger partial charge is 0.267 e. The Balaban J connectivity index is 2.56. The Kier molecular flexibility index (Phi) is 7.48. The Bertz CT molecular complexity index is 895. The number of aryl methyl sites for hydroxylation is 2. The molecule has 1 atom stereocenters. The lowest BCUT2D eigenvalue weighted by atomic mass is 9.84. The number of carbonyl (C=O) groups excluding carboxylic acids is 2. The van der Waals surface area contributed by atoms with E-state index in [0.29, 0.717) is 6.42 Å². The Morgan fingerprint density at radius 1 is 1.00 bits per heavy atom. The lowest BCUT2D eigenvalue weighted by Crippen LogP contribution is -2.55. The number of hydrogen-bond acceptors (Lipinski definition) is 3. The second kappa shape index (κ2) is 9.47. The molecule has 0 fully saturated rings. The highest BCUT2D eigenvalue weighted by atomic mass is 19.1. The van der Waals surface area contributed by atoms with Crippen LogP contribution in [0.5, 0.6) is 0 Å². The normalized spacial score (nSPS) is 12.5. The molecule has 2 rings (SSSR count). The standard InChI is InChI=1S/C24H30F2N2O2/c1-7-9-20(24(4,5)6)27-28(22(29)17-13-15(2)12-16(3)14-17)23(30)21-18(25)10-8-11-19(21)26/h8,10-14,20,27H,7,9H2,1-6H3/t20-/m1/s1. The van der Waals surface area contributed by atoms with Crippen LogP contribution in [0.2, 0.25) is 0 Å². The van der Waals surface area contributed by atoms with Crippen molar-refractivity contribution >= 4 is 11.8 Å². The van der Waals surface area contributed by atoms with Gasteiger partial charge in [0.1, 0.15) is 17.2 Å². The Morgan fingerprint density at radius 3 is 2.00 bits per heavy atom. The summed E-state index contributed by atoms with van der Waals surface area (Å²) in [4.78, 5) is 26.6. The van der Waals surface area contributed by atoms with E-state index in [9.17, 15) is 18.4 Å². The minimum Gasteiger partial charge on any atom is -0.267 e. The van der Waals surface area contributed by atoms with E-state index < -0.39 is 29.0 Å². The van der Waals surface area contributed by atoms with Gasteiger partial charge in [-0.25, -0.2) is 19.2 Å². The van der Waals surface area contributed by atoms with Crippen molar-refractivity contribution in [1.29, 1.82) is 0 Å². The van der Waals surface area contributed by atoms with Crippen LogP contribution in [0.1, 0.15) is 72.4 Å². The fraction of sp³-hybridized carbons (Fsp3) is 0.417. The number of carbonyl (C=O) groups is 2. The molecule has 0 heterocycles. The molecule has 0 aromatic heterocycles. The first kappa shape index (κ1) is 23.7. The van der Waals surface area contributed by atoms with Gasteiger partial charge in [-0.15, -0.1) is 0 Å². The van der Waals surface area contributed by atoms with Crippen LogP contribution in [0.3, 0.4) is 0 Å². The zero-order valence-corrected chi connectivity index (χ0v) is 18.5. The molecule has 0 bridgehead atoms. The second-order valence-electron chi connectivity index (χ2n) is 8.76. The van der Waals surface area contributed by atoms with Gasteiger partial charge in [0.25, 0.3) is 11.8 Å². The summed E-state index contributed by atoms with van der Waals surface area (Å²) in [6, 6.07) is 8.13. The number of halogens is 2. The number of hydrogen-bond donors (Lipinski definition) is 1. The zero-order valence-electron chi connectivity index (χ0n) is 18.5. The predicted molar refractivity (Wildman–Crippen MR) is 114 cm³/mol. The van der Waals surface area contributed by atoms with E-state index in [-0.39, 0.29) is 17.0 Å². The van der Waals surface area contributed by atoms with Gasteiger partial charge in [0.05, 0.1) is 0 Å². The maximum Gasteiger partial charge on any atom is 0.281 e. The summed E-state index contributed by atoms with van der Waals surface area (Å²) in [7, 11) is 0. The Hall–Kier alpha value is -2.60. The molecule has 30 heavy (non-hydrogen) atoms. The number of rotatable bonds is 6. The van der Waals surface area contributed by atoms with E-state index in [4.69, 9.17) is 0 Å². The molecule has 2 amide bonds. The number of amides is 2. The maximum absolute atomic E-state index is 14.3. The summed E-state index contributed by atoms with van der Waals surface area (Å²) in [6.07, 6.45) is 1.48. The van der Waals surface area contributed by atoms with Crippen molar-refractivity contribution in [3.8, 4) is 0 Å². The SMILES string of the molecule is CCC[C@@H](NN(C(=O)c1cc(C)cc(C)c1)C(=O)c1c(F)cccc1F)C(C)(C)C. The number of nitrogens with zero attached hydrogens (tertiary/aromatic N) is 1. The molecule has 6 heteroatoms. The Morgan fingerprint density at radius 2 is 1.53 bits per heavy atom. The molecular weight excluding hydrogens is 386 g/mol. The van der Waals surface area contributed by atoms with Crippen LogP contribution in [0.4, 0.5) is 8.78 Å². The molecule has 0 unspecified atom stereocenters. The predicted octanol–water partition coefficient (Wildman–Crippen LogP) is 5.58. The summed E-state index contributed by atoms with van der Waals surface area (Å²) < 4.78 is 28.7. The van der Waals surface area contributed by atoms with Crippen LogP contribution in [0.15, 0.2) is 36.4 Å². The molecule has 0 saturated carbocycles. The molecule has 0 spiro atoms. The first-order valence-corrected chi connectivity index (χ1v) is 10.1. The summed E-state index contributed by atoms with van der Waals surface area (Å²) in [5.74, 6) is -3.73. The monoisotopic (exact) mass is 416 g/mol. The van der Waals surface area contributed by atoms with Crippen LogP contribution in [0, 0.1) is 30.9 Å². The van der Waals surface area contributed by atoms with Crippen molar-refractivity contribution in [3.05, 3.63) is 70.3 Å². The first-order valence-electron chi connectivity index (χ1n) is 10.1. The minimum atomic E-state index is -1.06. The van der Waals surface area contributed by atoms with E-state index in [0.717, 1.165) is 34.7 Å². The van der Waals surface area contributed by atoms with Crippen molar-refractivity contribution in [2.45, 2.75) is 60.4 Å². The van der Waals surface area contributed by atoms with Gasteiger partial charge in [0.2, 0.25) is 0 Å². The van der Waals surface area contributed by atoms with Crippen molar-refractivity contribution in [3.63, 3.8) is 0 Å². The molecule has 162 valence electrons. The van der Waals surface area contributed by atoms with Gasteiger partial charge in [-0.3, -0.25) is 9.59 Å². The molecule has 0 saturated heterocycles. The summed E-state index contributed by atoms with van der Waals surface area (Å²) >= 11 is 0. The van der Waals surface area contributed by atoms with Gasteiger partial charge < -0.3 is 0 Å². The molecule has 4 nitrogen and oxygen atoms in total. The zero-order chi connectivity index (χ0) is 22.6. The molecule has 2 aromatic rings. The van der Waals surface area contributed by atoms with Gasteiger partial charge in [-0.05, 0) is 49.9 Å². The average Bonchev–Trinajstić information content (AvgIpc) is 2.62. The van der Waals surface area contributed by atoms with Crippen molar-refractivity contribution < 1.29 is 18.4 Å². The number of imide groups is 1. The fourth-order valence-electron chi connectivity index (χ4n) is 3.39. The highest BCUT2D eigenvalue weighted by Crippen LogP contribution is 2.25. The maximum atomic E-state index is 14.3. The fourth-order valence-corrected chi connectivity index (χ4v) is 3.39. The van der Waals surface area contributed by atoms with E-state index in [1.165, 1.54) is 6.07 Å². The molecular formula is C24H30F2N2O2. The number of benzene rings is 2. The first-order chi connectivity index (χ1) is 14.0. The lowest BCUT2D eigenvalue weighted by Gasteiger charge is -2.35. The third-order valence-electron chi connectivity index (χ3n) is 4.96. The Labute approximate surface area is 177 Å². The van der Waals surface area contributed by atoms with Crippen molar-refractivity contribution in [2.75, 3.05) is 0 Å². The van der Waals surface area contributed by atoms with Gasteiger partial charge in [-0.1, -0.05) is 57.4 Å². The van der Waals surface area contributed by atoms with E-state index in [1.807, 2.05) is 47.6 Å². The van der Waals surface area contributed by atoms with E-state index >= 15 is 0 Å². The number of hydrazine groups is 1. The topological polar surface area (TPSA) is 49.4 Å². The quantitative estimate of drug-likeness (QED) is 0.494. The summed E-state index contributed by atoms with van der Waals surface area (Å²) in [5, 5.41) is 0.765. The van der Waals surface area contributed by atoms with Crippen LogP contribution in [0.25, 0.3) is 0 Å². The highest BCUT2D eigenvalue weighted by molar-refractivity contribution is 6.10. The van der Waals surface area contributed by atoms with Crippen molar-refractivity contribution in [1.82, 2.24) is 10.4 Å². The van der Waals surface area contributed by atoms with Crippen LogP contribution < -0.4 is 5.43 Å². The van der Waals surface area contributed by atoms with Gasteiger partial charge in [-0.2, -0.15) is 0 Å². The third-order valence-corrected chi connectivity index (χ3v) is 4.96. The summed E-state index contributed by atoms with van der Waals surface area (Å²) in [5.41, 5.74) is 3.90. The van der Waals surface area contributed by atoms with Gasteiger partial charge in [0, 0.05) is 11.6 Å². The van der Waals surface area contributed by atoms with Gasteiger partial charge in [0.15, 0.2) is 0 Å². The van der Waals surface area contributed by atoms with E-state index in [2.05, 4.69) is 5.43 Å². The average molecular weight is 417 g/mol. The van der Waals surface area contributed by atoms with Crippen LogP contribution in [-0.4, -0.2) is 22.9 Å². The molecule has 1 N–H and O–H groups in total. The molecule has 2 aromatic carbocycles. The van der Waals surface area contributed by atoms with E-state index in [1.54, 1.807) is 12.1 Å². The molecule has 0 aliphatic rings. The van der Waals surface area contributed by atoms with Crippen molar-refractivity contribution in [2.24, 2.45) is 5.41 Å². The van der Waals surface area contributed by atoms with Crippen LogP contribution in [-0.2, 0) is 0 Å². The molecule has 0 aliphatic carbocycles. The minimum absolute atomic E-state index is 0.267. The number of nitrogens with one attached hydrogen (secondary N) is 1.